The Balaban J connectivity index is 1.41. The lowest BCUT2D eigenvalue weighted by Crippen LogP contribution is -2.47. The Morgan fingerprint density at radius 2 is 1.55 bits per heavy atom. The molecule has 1 heterocycles. The van der Waals surface area contributed by atoms with Crippen LogP contribution < -0.4 is 10.6 Å². The van der Waals surface area contributed by atoms with Crippen LogP contribution in [-0.4, -0.2) is 42.4 Å². The van der Waals surface area contributed by atoms with Crippen molar-refractivity contribution in [2.45, 2.75) is 31.8 Å². The minimum atomic E-state index is -0.373. The number of rotatable bonds is 6. The van der Waals surface area contributed by atoms with Crippen molar-refractivity contribution < 1.29 is 18.4 Å². The van der Waals surface area contributed by atoms with Gasteiger partial charge < -0.3 is 10.6 Å². The number of nitrogens with one attached hydrogen (secondary N) is 2. The summed E-state index contributed by atoms with van der Waals surface area (Å²) >= 11 is 0. The predicted molar refractivity (Wildman–Crippen MR) is 106 cm³/mol. The first kappa shape index (κ1) is 20.9. The van der Waals surface area contributed by atoms with Gasteiger partial charge in [-0.05, 0) is 61.7 Å². The lowest BCUT2D eigenvalue weighted by molar-refractivity contribution is -0.123. The summed E-state index contributed by atoms with van der Waals surface area (Å²) in [5, 5.41) is 5.90. The van der Waals surface area contributed by atoms with Gasteiger partial charge in [0.05, 0.1) is 12.6 Å². The number of hydrogen-bond donors (Lipinski definition) is 2. The van der Waals surface area contributed by atoms with Crippen molar-refractivity contribution >= 4 is 11.8 Å². The average molecular weight is 401 g/mol. The van der Waals surface area contributed by atoms with E-state index in [0.29, 0.717) is 18.7 Å². The molecule has 1 atom stereocenters. The van der Waals surface area contributed by atoms with E-state index in [-0.39, 0.29) is 42.1 Å². The van der Waals surface area contributed by atoms with Gasteiger partial charge in [-0.25, -0.2) is 8.78 Å². The van der Waals surface area contributed by atoms with Gasteiger partial charge in [-0.2, -0.15) is 0 Å². The number of benzene rings is 2. The molecule has 0 saturated carbocycles. The number of nitrogens with zero attached hydrogens (tertiary/aromatic N) is 1. The molecule has 2 amide bonds. The van der Waals surface area contributed by atoms with E-state index < -0.39 is 0 Å². The van der Waals surface area contributed by atoms with Gasteiger partial charge in [0.25, 0.3) is 5.91 Å². The topological polar surface area (TPSA) is 61.4 Å². The van der Waals surface area contributed by atoms with Gasteiger partial charge in [-0.1, -0.05) is 12.1 Å². The van der Waals surface area contributed by atoms with E-state index in [0.717, 1.165) is 18.4 Å². The van der Waals surface area contributed by atoms with E-state index in [4.69, 9.17) is 0 Å². The predicted octanol–water partition coefficient (Wildman–Crippen LogP) is 3.04. The van der Waals surface area contributed by atoms with Crippen LogP contribution in [0.5, 0.6) is 0 Å². The van der Waals surface area contributed by atoms with Crippen LogP contribution in [0, 0.1) is 11.6 Å². The molecule has 0 radical (unpaired) electrons. The van der Waals surface area contributed by atoms with Gasteiger partial charge in [0.15, 0.2) is 0 Å². The molecule has 2 aromatic rings. The first-order valence-electron chi connectivity index (χ1n) is 9.74. The fourth-order valence-electron chi connectivity index (χ4n) is 3.43. The van der Waals surface area contributed by atoms with Gasteiger partial charge in [-0.15, -0.1) is 0 Å². The van der Waals surface area contributed by atoms with Crippen LogP contribution >= 0.6 is 0 Å². The van der Waals surface area contributed by atoms with Gasteiger partial charge in [-0.3, -0.25) is 14.5 Å². The number of likely N-dealkylation sites (tertiary alicyclic amines) is 1. The van der Waals surface area contributed by atoms with Crippen LogP contribution in [-0.2, 0) is 4.79 Å². The maximum Gasteiger partial charge on any atom is 0.251 e. The van der Waals surface area contributed by atoms with Gasteiger partial charge in [0, 0.05) is 24.7 Å². The van der Waals surface area contributed by atoms with Crippen molar-refractivity contribution in [3.63, 3.8) is 0 Å². The highest BCUT2D eigenvalue weighted by atomic mass is 19.1. The summed E-state index contributed by atoms with van der Waals surface area (Å²) in [6.45, 7) is 3.55. The first-order chi connectivity index (χ1) is 13.9. The second kappa shape index (κ2) is 9.60. The number of carbonyl (C=O) groups is 2. The third-order valence-corrected chi connectivity index (χ3v) is 5.14. The average Bonchev–Trinajstić information content (AvgIpc) is 2.70. The number of carbonyl (C=O) groups excluding carboxylic acids is 2. The van der Waals surface area contributed by atoms with Crippen LogP contribution in [0.15, 0.2) is 48.5 Å². The summed E-state index contributed by atoms with van der Waals surface area (Å²) in [7, 11) is 0. The number of piperidine rings is 1. The minimum absolute atomic E-state index is 0.0324. The van der Waals surface area contributed by atoms with Gasteiger partial charge in [0.2, 0.25) is 5.91 Å². The van der Waals surface area contributed by atoms with Crippen LogP contribution in [0.2, 0.25) is 0 Å². The molecule has 5 nitrogen and oxygen atoms in total. The molecule has 2 N–H and O–H groups in total. The zero-order valence-corrected chi connectivity index (χ0v) is 16.3. The highest BCUT2D eigenvalue weighted by molar-refractivity contribution is 5.94. The third kappa shape index (κ3) is 6.09. The van der Waals surface area contributed by atoms with Crippen molar-refractivity contribution in [3.8, 4) is 0 Å². The smallest absolute Gasteiger partial charge is 0.251 e. The molecular formula is C22H25F2N3O2. The van der Waals surface area contributed by atoms with Crippen molar-refractivity contribution in [1.29, 1.82) is 0 Å². The van der Waals surface area contributed by atoms with Crippen LogP contribution in [0.25, 0.3) is 0 Å². The molecule has 1 aliphatic heterocycles. The molecule has 3 rings (SSSR count). The summed E-state index contributed by atoms with van der Waals surface area (Å²) in [5.74, 6) is -0.978. The van der Waals surface area contributed by atoms with Gasteiger partial charge in [0.1, 0.15) is 11.6 Å². The quantitative estimate of drug-likeness (QED) is 0.782. The van der Waals surface area contributed by atoms with Crippen molar-refractivity contribution in [3.05, 3.63) is 71.3 Å². The summed E-state index contributed by atoms with van der Waals surface area (Å²) in [4.78, 5) is 26.6. The van der Waals surface area contributed by atoms with Crippen molar-refractivity contribution in [1.82, 2.24) is 15.5 Å². The minimum Gasteiger partial charge on any atom is -0.349 e. The summed E-state index contributed by atoms with van der Waals surface area (Å²) < 4.78 is 26.0. The fourth-order valence-corrected chi connectivity index (χ4v) is 3.43. The molecule has 1 unspecified atom stereocenters. The zero-order chi connectivity index (χ0) is 20.8. The van der Waals surface area contributed by atoms with E-state index in [2.05, 4.69) is 10.6 Å². The Bertz CT molecular complexity index is 832. The summed E-state index contributed by atoms with van der Waals surface area (Å²) in [6, 6.07) is 11.4. The second-order valence-corrected chi connectivity index (χ2v) is 7.37. The lowest BCUT2D eigenvalue weighted by atomic mass is 10.0. The Labute approximate surface area is 169 Å². The molecule has 0 aromatic heterocycles. The summed E-state index contributed by atoms with van der Waals surface area (Å²) in [6.07, 6.45) is 1.49. The molecule has 0 aliphatic carbocycles. The van der Waals surface area contributed by atoms with E-state index in [9.17, 15) is 18.4 Å². The maximum absolute atomic E-state index is 13.0. The number of halogens is 2. The Morgan fingerprint density at radius 1 is 1.00 bits per heavy atom. The van der Waals surface area contributed by atoms with Crippen LogP contribution in [0.4, 0.5) is 8.78 Å². The molecular weight excluding hydrogens is 376 g/mol. The monoisotopic (exact) mass is 401 g/mol. The fraction of sp³-hybridized carbons (Fsp3) is 0.364. The second-order valence-electron chi connectivity index (χ2n) is 7.37. The SMILES string of the molecule is CC(NC(=O)CN1CCC(NC(=O)c2ccc(F)cc2)CC1)c1ccc(F)cc1. The molecule has 2 aromatic carbocycles. The van der Waals surface area contributed by atoms with Gasteiger partial charge >= 0.3 is 0 Å². The molecule has 1 saturated heterocycles. The van der Waals surface area contributed by atoms with Crippen molar-refractivity contribution in [2.75, 3.05) is 19.6 Å². The maximum atomic E-state index is 13.0. The molecule has 29 heavy (non-hydrogen) atoms. The first-order valence-corrected chi connectivity index (χ1v) is 9.74. The van der Waals surface area contributed by atoms with Crippen LogP contribution in [0.1, 0.15) is 41.7 Å². The highest BCUT2D eigenvalue weighted by Crippen LogP contribution is 2.14. The van der Waals surface area contributed by atoms with E-state index in [1.807, 2.05) is 11.8 Å². The van der Waals surface area contributed by atoms with E-state index in [1.165, 1.54) is 36.4 Å². The zero-order valence-electron chi connectivity index (χ0n) is 16.3. The highest BCUT2D eigenvalue weighted by Gasteiger charge is 2.23. The third-order valence-electron chi connectivity index (χ3n) is 5.14. The lowest BCUT2D eigenvalue weighted by Gasteiger charge is -2.32. The van der Waals surface area contributed by atoms with Crippen molar-refractivity contribution in [2.24, 2.45) is 0 Å². The molecule has 7 heteroatoms. The Morgan fingerprint density at radius 3 is 2.14 bits per heavy atom. The number of amides is 2. The largest absolute Gasteiger partial charge is 0.349 e. The van der Waals surface area contributed by atoms with E-state index >= 15 is 0 Å². The number of hydrogen-bond acceptors (Lipinski definition) is 3. The molecule has 154 valence electrons. The molecule has 1 aliphatic rings. The molecule has 0 spiro atoms. The summed E-state index contributed by atoms with van der Waals surface area (Å²) in [5.41, 5.74) is 1.28. The molecule has 1 fully saturated rings. The standard InChI is InChI=1S/C22H25F2N3O2/c1-15(16-2-6-18(23)7-3-16)25-21(28)14-27-12-10-20(11-13-27)26-22(29)17-4-8-19(24)9-5-17/h2-9,15,20H,10-14H2,1H3,(H,25,28)(H,26,29). The normalized spacial score (nSPS) is 16.2. The van der Waals surface area contributed by atoms with Crippen LogP contribution in [0.3, 0.4) is 0 Å². The Kier molecular flexibility index (Phi) is 6.93. The molecule has 0 bridgehead atoms. The Hall–Kier alpha value is -2.80. The van der Waals surface area contributed by atoms with E-state index in [1.54, 1.807) is 12.1 Å².